The lowest BCUT2D eigenvalue weighted by atomic mass is 9.98. The van der Waals surface area contributed by atoms with E-state index in [1.54, 1.807) is 6.08 Å². The number of hydrogen-bond donors (Lipinski definition) is 2. The number of hydrogen-bond acceptors (Lipinski definition) is 3. The molecule has 0 bridgehead atoms. The number of ether oxygens (including phenoxy) is 1. The van der Waals surface area contributed by atoms with E-state index >= 15 is 0 Å². The smallest absolute Gasteiger partial charge is 0.408 e. The predicted molar refractivity (Wildman–Crippen MR) is 175 cm³/mol. The Kier molecular flexibility index (Phi) is 16.1. The van der Waals surface area contributed by atoms with Gasteiger partial charge in [-0.15, -0.1) is 0 Å². The van der Waals surface area contributed by atoms with Gasteiger partial charge in [-0.3, -0.25) is 4.79 Å². The Hall–Kier alpha value is -3.60. The molecule has 0 spiro atoms. The fraction of sp³-hybridized carbons (Fsp3) is 0.459. The molecule has 0 saturated carbocycles. The molecule has 2 aromatic rings. The Bertz CT molecular complexity index is 1070. The summed E-state index contributed by atoms with van der Waals surface area (Å²) in [6, 6.07) is 20.1. The van der Waals surface area contributed by atoms with Crippen LogP contribution in [0.3, 0.4) is 0 Å². The fourth-order valence-corrected chi connectivity index (χ4v) is 4.71. The van der Waals surface area contributed by atoms with Gasteiger partial charge in [-0.25, -0.2) is 4.79 Å². The maximum atomic E-state index is 13.7. The van der Waals surface area contributed by atoms with E-state index in [9.17, 15) is 9.59 Å². The molecule has 0 fully saturated rings. The molecule has 2 N–H and O–H groups in total. The molecular weight excluding hydrogens is 520 g/mol. The number of unbranched alkanes of at least 4 members (excludes halogenated alkanes) is 2. The molecule has 0 aromatic heterocycles. The van der Waals surface area contributed by atoms with Gasteiger partial charge in [0.25, 0.3) is 0 Å². The van der Waals surface area contributed by atoms with Crippen molar-refractivity contribution in [2.24, 2.45) is 0 Å². The first kappa shape index (κ1) is 34.6. The van der Waals surface area contributed by atoms with Crippen molar-refractivity contribution >= 4 is 12.0 Å². The van der Waals surface area contributed by atoms with Crippen LogP contribution in [0.4, 0.5) is 4.79 Å². The van der Waals surface area contributed by atoms with Crippen LogP contribution in [-0.4, -0.2) is 29.7 Å². The zero-order valence-corrected chi connectivity index (χ0v) is 26.2. The molecule has 0 aliphatic carbocycles. The second-order valence-corrected chi connectivity index (χ2v) is 11.9. The van der Waals surface area contributed by atoms with E-state index < -0.39 is 17.7 Å². The van der Waals surface area contributed by atoms with E-state index in [4.69, 9.17) is 4.74 Å². The number of alkyl carbamates (subject to hydrolysis) is 1. The highest BCUT2D eigenvalue weighted by molar-refractivity contribution is 5.86. The third-order valence-electron chi connectivity index (χ3n) is 6.95. The summed E-state index contributed by atoms with van der Waals surface area (Å²) < 4.78 is 5.50. The summed E-state index contributed by atoms with van der Waals surface area (Å²) in [5.41, 5.74) is 2.80. The largest absolute Gasteiger partial charge is 0.444 e. The number of allylic oxidation sites excluding steroid dienone is 4. The van der Waals surface area contributed by atoms with E-state index in [2.05, 4.69) is 78.7 Å². The molecule has 2 aromatic carbocycles. The molecule has 2 amide bonds. The standard InChI is InChI=1S/C37H52N2O3/c1-6-8-9-10-13-20-30(7-2)29-34(39-36(41)42-37(3,4)5)35(40)38-33(27-18-25-31-21-14-11-15-22-31)28-19-26-32-23-16-12-17-24-32/h7,10-17,20-24,33-34H,2,6,8-9,18-19,25-29H2,1,3-5H3,(H,38,40)(H,39,41)/b13-10-,30-20+/t34-/m0/s1. The molecule has 42 heavy (non-hydrogen) atoms. The number of carbonyl (C=O) groups excluding carboxylic acids is 2. The van der Waals surface area contributed by atoms with E-state index in [1.165, 1.54) is 11.1 Å². The van der Waals surface area contributed by atoms with Crippen molar-refractivity contribution in [2.45, 2.75) is 110 Å². The Morgan fingerprint density at radius 1 is 0.881 bits per heavy atom. The summed E-state index contributed by atoms with van der Waals surface area (Å²) in [6.45, 7) is 11.6. The van der Waals surface area contributed by atoms with E-state index in [0.29, 0.717) is 6.42 Å². The van der Waals surface area contributed by atoms with E-state index in [1.807, 2.05) is 45.1 Å². The lowest BCUT2D eigenvalue weighted by molar-refractivity contribution is -0.124. The topological polar surface area (TPSA) is 67.4 Å². The zero-order valence-electron chi connectivity index (χ0n) is 26.2. The molecule has 0 aliphatic rings. The molecule has 0 saturated heterocycles. The van der Waals surface area contributed by atoms with Gasteiger partial charge < -0.3 is 15.4 Å². The SMILES string of the molecule is C=C/C(=C\C=C/CCCC)C[C@H](NC(=O)OC(C)(C)C)C(=O)NC(CCCc1ccccc1)CCCc1ccccc1. The molecule has 1 atom stereocenters. The van der Waals surface area contributed by atoms with Crippen molar-refractivity contribution in [1.82, 2.24) is 10.6 Å². The highest BCUT2D eigenvalue weighted by atomic mass is 16.6. The number of carbonyl (C=O) groups is 2. The molecule has 2 rings (SSSR count). The number of nitrogens with one attached hydrogen (secondary N) is 2. The Morgan fingerprint density at radius 2 is 1.45 bits per heavy atom. The second kappa shape index (κ2) is 19.5. The number of amides is 2. The van der Waals surface area contributed by atoms with Gasteiger partial charge in [-0.2, -0.15) is 0 Å². The van der Waals surface area contributed by atoms with Crippen LogP contribution in [0.15, 0.2) is 97.1 Å². The minimum absolute atomic E-state index is 0.00189. The Morgan fingerprint density at radius 3 is 1.95 bits per heavy atom. The van der Waals surface area contributed by atoms with E-state index in [-0.39, 0.29) is 11.9 Å². The summed E-state index contributed by atoms with van der Waals surface area (Å²) >= 11 is 0. The zero-order chi connectivity index (χ0) is 30.6. The van der Waals surface area contributed by atoms with Crippen molar-refractivity contribution in [3.63, 3.8) is 0 Å². The van der Waals surface area contributed by atoms with Gasteiger partial charge in [0.1, 0.15) is 11.6 Å². The number of aryl methyl sites for hydroxylation is 2. The fourth-order valence-electron chi connectivity index (χ4n) is 4.71. The Balaban J connectivity index is 2.14. The third-order valence-corrected chi connectivity index (χ3v) is 6.95. The van der Waals surface area contributed by atoms with E-state index in [0.717, 1.165) is 63.4 Å². The van der Waals surface area contributed by atoms with Crippen LogP contribution in [0, 0.1) is 0 Å². The molecule has 228 valence electrons. The van der Waals surface area contributed by atoms with Gasteiger partial charge in [-0.05, 0) is 82.4 Å². The molecule has 5 heteroatoms. The minimum atomic E-state index is -0.779. The van der Waals surface area contributed by atoms with Crippen molar-refractivity contribution in [1.29, 1.82) is 0 Å². The van der Waals surface area contributed by atoms with Gasteiger partial charge in [-0.1, -0.05) is 111 Å². The highest BCUT2D eigenvalue weighted by Gasteiger charge is 2.26. The predicted octanol–water partition coefficient (Wildman–Crippen LogP) is 8.66. The van der Waals surface area contributed by atoms with Crippen LogP contribution >= 0.6 is 0 Å². The summed E-state index contributed by atoms with van der Waals surface area (Å²) in [6.07, 6.45) is 16.4. The molecule has 5 nitrogen and oxygen atoms in total. The maximum absolute atomic E-state index is 13.7. The summed E-state index contributed by atoms with van der Waals surface area (Å²) in [4.78, 5) is 26.5. The molecular formula is C37H52N2O3. The number of rotatable bonds is 18. The average molecular weight is 573 g/mol. The van der Waals surface area contributed by atoms with Crippen LogP contribution in [-0.2, 0) is 22.4 Å². The second-order valence-electron chi connectivity index (χ2n) is 11.9. The summed E-state index contributed by atoms with van der Waals surface area (Å²) in [5, 5.41) is 6.11. The normalized spacial score (nSPS) is 12.7. The molecule has 0 unspecified atom stereocenters. The number of benzene rings is 2. The minimum Gasteiger partial charge on any atom is -0.444 e. The van der Waals surface area contributed by atoms with Gasteiger partial charge in [0.2, 0.25) is 5.91 Å². The Labute approximate surface area is 254 Å². The first-order valence-electron chi connectivity index (χ1n) is 15.6. The quantitative estimate of drug-likeness (QED) is 0.139. The maximum Gasteiger partial charge on any atom is 0.408 e. The summed E-state index contributed by atoms with van der Waals surface area (Å²) in [7, 11) is 0. The van der Waals surface area contributed by atoms with Gasteiger partial charge >= 0.3 is 6.09 Å². The lowest BCUT2D eigenvalue weighted by Gasteiger charge is -2.26. The lowest BCUT2D eigenvalue weighted by Crippen LogP contribution is -2.50. The monoisotopic (exact) mass is 572 g/mol. The van der Waals surface area contributed by atoms with Gasteiger partial charge in [0.15, 0.2) is 0 Å². The first-order valence-corrected chi connectivity index (χ1v) is 15.6. The van der Waals surface area contributed by atoms with Crippen molar-refractivity contribution in [3.8, 4) is 0 Å². The van der Waals surface area contributed by atoms with Crippen molar-refractivity contribution in [2.75, 3.05) is 0 Å². The molecule has 0 aliphatic heterocycles. The molecule has 0 radical (unpaired) electrons. The van der Waals surface area contributed by atoms with Crippen LogP contribution in [0.1, 0.15) is 90.2 Å². The van der Waals surface area contributed by atoms with Crippen LogP contribution in [0.2, 0.25) is 0 Å². The first-order chi connectivity index (χ1) is 20.2. The molecule has 0 heterocycles. The highest BCUT2D eigenvalue weighted by Crippen LogP contribution is 2.15. The summed E-state index contributed by atoms with van der Waals surface area (Å²) in [5.74, 6) is -0.201. The third kappa shape index (κ3) is 15.4. The van der Waals surface area contributed by atoms with Crippen LogP contribution in [0.25, 0.3) is 0 Å². The van der Waals surface area contributed by atoms with Crippen LogP contribution in [0.5, 0.6) is 0 Å². The van der Waals surface area contributed by atoms with Crippen LogP contribution < -0.4 is 10.6 Å². The van der Waals surface area contributed by atoms with Gasteiger partial charge in [0, 0.05) is 12.5 Å². The van der Waals surface area contributed by atoms with Gasteiger partial charge in [0.05, 0.1) is 0 Å². The van der Waals surface area contributed by atoms with Crippen molar-refractivity contribution in [3.05, 3.63) is 108 Å². The van der Waals surface area contributed by atoms with Crippen molar-refractivity contribution < 1.29 is 14.3 Å². The average Bonchev–Trinajstić information content (AvgIpc) is 2.96.